The van der Waals surface area contributed by atoms with Crippen LogP contribution < -0.4 is 9.64 Å². The maximum Gasteiger partial charge on any atom is 0.137 e. The average Bonchev–Trinajstić information content (AvgIpc) is 3.04. The van der Waals surface area contributed by atoms with Gasteiger partial charge in [-0.05, 0) is 30.7 Å². The highest BCUT2D eigenvalue weighted by Gasteiger charge is 2.33. The quantitative estimate of drug-likeness (QED) is 0.841. The fraction of sp³-hybridized carbons (Fsp3) is 0.353. The molecule has 0 N–H and O–H groups in total. The van der Waals surface area contributed by atoms with Crippen molar-refractivity contribution in [3.05, 3.63) is 48.4 Å². The van der Waals surface area contributed by atoms with Gasteiger partial charge in [0.1, 0.15) is 18.2 Å². The molecule has 23 heavy (non-hydrogen) atoms. The van der Waals surface area contributed by atoms with Crippen molar-refractivity contribution in [3.8, 4) is 11.8 Å². The SMILES string of the molecule is CO[C@@H]1C[C@@H](COc2cccnc2)N(c2cc(C#N)ccn2)C1. The monoisotopic (exact) mass is 310 g/mol. The minimum absolute atomic E-state index is 0.130. The number of nitriles is 1. The maximum absolute atomic E-state index is 9.07. The molecule has 0 radical (unpaired) electrons. The van der Waals surface area contributed by atoms with E-state index in [1.807, 2.05) is 12.1 Å². The van der Waals surface area contributed by atoms with Crippen molar-refractivity contribution in [1.82, 2.24) is 9.97 Å². The van der Waals surface area contributed by atoms with E-state index < -0.39 is 0 Å². The fourth-order valence-electron chi connectivity index (χ4n) is 2.75. The topological polar surface area (TPSA) is 71.3 Å². The molecule has 1 saturated heterocycles. The third kappa shape index (κ3) is 3.58. The van der Waals surface area contributed by atoms with E-state index in [0.29, 0.717) is 12.2 Å². The van der Waals surface area contributed by atoms with Crippen LogP contribution in [0.3, 0.4) is 0 Å². The van der Waals surface area contributed by atoms with Crippen LogP contribution >= 0.6 is 0 Å². The summed E-state index contributed by atoms with van der Waals surface area (Å²) < 4.78 is 11.3. The summed E-state index contributed by atoms with van der Waals surface area (Å²) in [5, 5.41) is 9.07. The molecule has 0 aliphatic carbocycles. The zero-order valence-electron chi connectivity index (χ0n) is 12.9. The number of methoxy groups -OCH3 is 1. The number of anilines is 1. The molecule has 0 bridgehead atoms. The van der Waals surface area contributed by atoms with Gasteiger partial charge in [0.15, 0.2) is 0 Å². The van der Waals surface area contributed by atoms with Crippen LogP contribution in [0.5, 0.6) is 5.75 Å². The Kier molecular flexibility index (Phi) is 4.69. The van der Waals surface area contributed by atoms with E-state index in [1.165, 1.54) is 0 Å². The van der Waals surface area contributed by atoms with Crippen molar-refractivity contribution in [2.75, 3.05) is 25.2 Å². The summed E-state index contributed by atoms with van der Waals surface area (Å²) in [6, 6.07) is 9.52. The number of hydrogen-bond donors (Lipinski definition) is 0. The first-order chi connectivity index (χ1) is 11.3. The molecule has 0 spiro atoms. The van der Waals surface area contributed by atoms with Crippen LogP contribution in [0.1, 0.15) is 12.0 Å². The zero-order valence-corrected chi connectivity index (χ0v) is 12.9. The van der Waals surface area contributed by atoms with E-state index in [-0.39, 0.29) is 12.1 Å². The molecule has 0 unspecified atom stereocenters. The van der Waals surface area contributed by atoms with Crippen molar-refractivity contribution < 1.29 is 9.47 Å². The van der Waals surface area contributed by atoms with Crippen molar-refractivity contribution in [1.29, 1.82) is 5.26 Å². The number of pyridine rings is 2. The van der Waals surface area contributed by atoms with Gasteiger partial charge >= 0.3 is 0 Å². The van der Waals surface area contributed by atoms with E-state index in [4.69, 9.17) is 14.7 Å². The van der Waals surface area contributed by atoms with E-state index in [0.717, 1.165) is 24.5 Å². The lowest BCUT2D eigenvalue weighted by Gasteiger charge is -2.25. The van der Waals surface area contributed by atoms with Crippen LogP contribution in [-0.4, -0.2) is 42.4 Å². The fourth-order valence-corrected chi connectivity index (χ4v) is 2.75. The normalized spacial score (nSPS) is 20.3. The van der Waals surface area contributed by atoms with Crippen LogP contribution in [-0.2, 0) is 4.74 Å². The van der Waals surface area contributed by atoms with Crippen LogP contribution in [0.25, 0.3) is 0 Å². The third-order valence-corrected chi connectivity index (χ3v) is 3.96. The molecule has 2 aromatic heterocycles. The van der Waals surface area contributed by atoms with Gasteiger partial charge < -0.3 is 14.4 Å². The molecule has 0 amide bonds. The van der Waals surface area contributed by atoms with Crippen molar-refractivity contribution in [2.45, 2.75) is 18.6 Å². The van der Waals surface area contributed by atoms with Gasteiger partial charge in [-0.3, -0.25) is 4.98 Å². The average molecular weight is 310 g/mol. The molecule has 1 aliphatic rings. The summed E-state index contributed by atoms with van der Waals surface area (Å²) in [4.78, 5) is 10.6. The Morgan fingerprint density at radius 3 is 3.04 bits per heavy atom. The highest BCUT2D eigenvalue weighted by Crippen LogP contribution is 2.26. The van der Waals surface area contributed by atoms with Gasteiger partial charge in [-0.25, -0.2) is 4.98 Å². The molecule has 3 heterocycles. The summed E-state index contributed by atoms with van der Waals surface area (Å²) in [6.45, 7) is 1.25. The molecule has 6 nitrogen and oxygen atoms in total. The van der Waals surface area contributed by atoms with Crippen LogP contribution in [0.2, 0.25) is 0 Å². The van der Waals surface area contributed by atoms with Crippen molar-refractivity contribution in [2.24, 2.45) is 0 Å². The van der Waals surface area contributed by atoms with Gasteiger partial charge in [0.2, 0.25) is 0 Å². The summed E-state index contributed by atoms with van der Waals surface area (Å²) in [7, 11) is 1.71. The number of rotatable bonds is 5. The standard InChI is InChI=1S/C17H18N4O2/c1-22-16-8-14(12-23-15-3-2-5-19-10-15)21(11-16)17-7-13(9-18)4-6-20-17/h2-7,10,14,16H,8,11-12H2,1H3/t14-,16+/m0/s1. The predicted octanol–water partition coefficient (Wildman–Crippen LogP) is 2.02. The molecule has 3 rings (SSSR count). The molecule has 2 atom stereocenters. The van der Waals surface area contributed by atoms with Crippen molar-refractivity contribution >= 4 is 5.82 Å². The first-order valence-electron chi connectivity index (χ1n) is 7.48. The number of hydrogen-bond acceptors (Lipinski definition) is 6. The second-order valence-corrected chi connectivity index (χ2v) is 5.41. The third-order valence-electron chi connectivity index (χ3n) is 3.96. The van der Waals surface area contributed by atoms with Crippen LogP contribution in [0.4, 0.5) is 5.82 Å². The predicted molar refractivity (Wildman–Crippen MR) is 85.2 cm³/mol. The molecule has 0 saturated carbocycles. The molecule has 1 fully saturated rings. The van der Waals surface area contributed by atoms with Crippen LogP contribution in [0, 0.1) is 11.3 Å². The lowest BCUT2D eigenvalue weighted by atomic mass is 10.2. The highest BCUT2D eigenvalue weighted by molar-refractivity contribution is 5.47. The molecule has 2 aromatic rings. The second-order valence-electron chi connectivity index (χ2n) is 5.41. The lowest BCUT2D eigenvalue weighted by molar-refractivity contribution is 0.115. The molecule has 118 valence electrons. The Labute approximate surface area is 135 Å². The number of nitrogens with zero attached hydrogens (tertiary/aromatic N) is 4. The van der Waals surface area contributed by atoms with Gasteiger partial charge in [-0.15, -0.1) is 0 Å². The van der Waals surface area contributed by atoms with Gasteiger partial charge in [0, 0.05) is 26.0 Å². The zero-order chi connectivity index (χ0) is 16.1. The Hall–Kier alpha value is -2.65. The number of ether oxygens (including phenoxy) is 2. The number of aromatic nitrogens is 2. The van der Waals surface area contributed by atoms with E-state index >= 15 is 0 Å². The Balaban J connectivity index is 1.75. The highest BCUT2D eigenvalue weighted by atomic mass is 16.5. The Morgan fingerprint density at radius 1 is 1.39 bits per heavy atom. The molecular weight excluding hydrogens is 292 g/mol. The summed E-state index contributed by atoms with van der Waals surface area (Å²) in [5.41, 5.74) is 0.600. The lowest BCUT2D eigenvalue weighted by Crippen LogP contribution is -2.35. The van der Waals surface area contributed by atoms with E-state index in [1.54, 1.807) is 37.8 Å². The summed E-state index contributed by atoms with van der Waals surface area (Å²) in [5.74, 6) is 1.52. The van der Waals surface area contributed by atoms with E-state index in [9.17, 15) is 0 Å². The van der Waals surface area contributed by atoms with E-state index in [2.05, 4.69) is 20.9 Å². The largest absolute Gasteiger partial charge is 0.490 e. The first kappa shape index (κ1) is 15.3. The smallest absolute Gasteiger partial charge is 0.137 e. The molecule has 6 heteroatoms. The Bertz CT molecular complexity index is 686. The van der Waals surface area contributed by atoms with Gasteiger partial charge in [0.25, 0.3) is 0 Å². The van der Waals surface area contributed by atoms with Gasteiger partial charge in [-0.2, -0.15) is 5.26 Å². The first-order valence-corrected chi connectivity index (χ1v) is 7.48. The minimum Gasteiger partial charge on any atom is -0.490 e. The molecule has 0 aromatic carbocycles. The minimum atomic E-state index is 0.130. The maximum atomic E-state index is 9.07. The van der Waals surface area contributed by atoms with Gasteiger partial charge in [-0.1, -0.05) is 0 Å². The van der Waals surface area contributed by atoms with Gasteiger partial charge in [0.05, 0.1) is 30.0 Å². The molecule has 1 aliphatic heterocycles. The summed E-state index contributed by atoms with van der Waals surface area (Å²) >= 11 is 0. The Morgan fingerprint density at radius 2 is 2.30 bits per heavy atom. The molecular formula is C17H18N4O2. The van der Waals surface area contributed by atoms with Crippen LogP contribution in [0.15, 0.2) is 42.9 Å². The van der Waals surface area contributed by atoms with Crippen molar-refractivity contribution in [3.63, 3.8) is 0 Å². The second kappa shape index (κ2) is 7.07. The summed E-state index contributed by atoms with van der Waals surface area (Å²) in [6.07, 6.45) is 6.06.